The summed E-state index contributed by atoms with van der Waals surface area (Å²) in [6.45, 7) is 0. The largest absolute Gasteiger partial charge is 0.497 e. The summed E-state index contributed by atoms with van der Waals surface area (Å²) in [5, 5.41) is 9.43. The molecule has 0 aliphatic carbocycles. The Kier molecular flexibility index (Phi) is 9.60. The zero-order valence-electron chi connectivity index (χ0n) is 23.4. The molecule has 0 spiro atoms. The van der Waals surface area contributed by atoms with Crippen LogP contribution in [0.1, 0.15) is 0 Å². The summed E-state index contributed by atoms with van der Waals surface area (Å²) in [6, 6.07) is 34.8. The van der Waals surface area contributed by atoms with E-state index in [4.69, 9.17) is 10.5 Å². The number of ether oxygens (including phenoxy) is 1. The molecule has 2 aromatic heterocycles. The molecule has 3 N–H and O–H groups in total. The van der Waals surface area contributed by atoms with Crippen molar-refractivity contribution in [2.75, 3.05) is 17.6 Å². The van der Waals surface area contributed by atoms with Crippen molar-refractivity contribution in [1.82, 2.24) is 9.97 Å². The first kappa shape index (κ1) is 31.1. The van der Waals surface area contributed by atoms with Crippen LogP contribution in [0.25, 0.3) is 44.1 Å². The van der Waals surface area contributed by atoms with Gasteiger partial charge in [-0.25, -0.2) is 18.4 Å². The van der Waals surface area contributed by atoms with Gasteiger partial charge < -0.3 is 10.5 Å². The van der Waals surface area contributed by atoms with Crippen LogP contribution >= 0.6 is 39.7 Å². The molecule has 5 aromatic carbocycles. The molecule has 222 valence electrons. The van der Waals surface area contributed by atoms with Gasteiger partial charge in [0, 0.05) is 21.9 Å². The highest BCUT2D eigenvalue weighted by molar-refractivity contribution is 8.93. The summed E-state index contributed by atoms with van der Waals surface area (Å²) in [5.41, 5.74) is 9.48. The van der Waals surface area contributed by atoms with Crippen LogP contribution in [0.3, 0.4) is 0 Å². The van der Waals surface area contributed by atoms with Crippen LogP contribution in [0.4, 0.5) is 10.3 Å². The van der Waals surface area contributed by atoms with Crippen LogP contribution in [0.2, 0.25) is 0 Å². The predicted molar refractivity (Wildman–Crippen MR) is 189 cm³/mol. The zero-order chi connectivity index (χ0) is 29.8. The van der Waals surface area contributed by atoms with Crippen molar-refractivity contribution in [3.8, 4) is 28.3 Å². The third-order valence-corrected chi connectivity index (χ3v) is 9.66. The SMILES string of the molecule is Br.COc1ccc(S(=O)(=O)Nc2nc(-c3cccc4ccccc34)cs2)cc1.Nc1nc(-c2cccc3ccccc23)cs1. The van der Waals surface area contributed by atoms with Crippen molar-refractivity contribution in [2.24, 2.45) is 0 Å². The highest BCUT2D eigenvalue weighted by Crippen LogP contribution is 2.32. The molecule has 11 heteroatoms. The first-order valence-electron chi connectivity index (χ1n) is 13.2. The molecule has 0 fully saturated rings. The van der Waals surface area contributed by atoms with Crippen molar-refractivity contribution in [1.29, 1.82) is 0 Å². The molecule has 7 rings (SSSR count). The number of nitrogen functional groups attached to an aromatic ring is 1. The molecule has 0 aliphatic rings. The third-order valence-electron chi connectivity index (χ3n) is 6.75. The van der Waals surface area contributed by atoms with Gasteiger partial charge in [-0.15, -0.1) is 39.7 Å². The van der Waals surface area contributed by atoms with E-state index in [-0.39, 0.29) is 21.9 Å². The van der Waals surface area contributed by atoms with Gasteiger partial charge in [-0.2, -0.15) is 0 Å². The summed E-state index contributed by atoms with van der Waals surface area (Å²) in [4.78, 5) is 8.96. The summed E-state index contributed by atoms with van der Waals surface area (Å²) in [5.74, 6) is 0.599. The lowest BCUT2D eigenvalue weighted by atomic mass is 10.0. The van der Waals surface area contributed by atoms with Crippen molar-refractivity contribution in [3.63, 3.8) is 0 Å². The van der Waals surface area contributed by atoms with E-state index in [1.807, 2.05) is 71.4 Å². The third kappa shape index (κ3) is 6.76. The molecule has 0 atom stereocenters. The minimum Gasteiger partial charge on any atom is -0.497 e. The Labute approximate surface area is 273 Å². The zero-order valence-corrected chi connectivity index (χ0v) is 27.5. The molecule has 0 unspecified atom stereocenters. The molecule has 0 amide bonds. The van der Waals surface area contributed by atoms with Crippen LogP contribution in [0.15, 0.2) is 125 Å². The maximum absolute atomic E-state index is 12.6. The van der Waals surface area contributed by atoms with Crippen molar-refractivity contribution >= 4 is 81.5 Å². The minimum atomic E-state index is -3.71. The van der Waals surface area contributed by atoms with E-state index >= 15 is 0 Å². The monoisotopic (exact) mass is 702 g/mol. The van der Waals surface area contributed by atoms with Crippen molar-refractivity contribution in [3.05, 3.63) is 120 Å². The van der Waals surface area contributed by atoms with E-state index in [9.17, 15) is 8.42 Å². The van der Waals surface area contributed by atoms with Gasteiger partial charge in [-0.1, -0.05) is 84.9 Å². The number of methoxy groups -OCH3 is 1. The van der Waals surface area contributed by atoms with E-state index in [1.165, 1.54) is 52.7 Å². The average molecular weight is 704 g/mol. The maximum atomic E-state index is 12.6. The number of sulfonamides is 1. The van der Waals surface area contributed by atoms with Gasteiger partial charge in [0.15, 0.2) is 10.3 Å². The van der Waals surface area contributed by atoms with Gasteiger partial charge in [-0.05, 0) is 45.8 Å². The van der Waals surface area contributed by atoms with Crippen LogP contribution in [0, 0.1) is 0 Å². The minimum absolute atomic E-state index is 0. The molecule has 0 saturated heterocycles. The molecule has 2 heterocycles. The quantitative estimate of drug-likeness (QED) is 0.179. The number of nitrogens with two attached hydrogens (primary N) is 1. The Balaban J connectivity index is 0.000000193. The number of aromatic nitrogens is 2. The van der Waals surface area contributed by atoms with E-state index < -0.39 is 10.0 Å². The fourth-order valence-electron chi connectivity index (χ4n) is 4.68. The molecule has 0 bridgehead atoms. The van der Waals surface area contributed by atoms with Crippen molar-refractivity contribution < 1.29 is 13.2 Å². The Morgan fingerprint density at radius 1 is 0.682 bits per heavy atom. The average Bonchev–Trinajstić information content (AvgIpc) is 3.69. The highest BCUT2D eigenvalue weighted by Gasteiger charge is 2.17. The Morgan fingerprint density at radius 3 is 1.75 bits per heavy atom. The number of hydrogen-bond acceptors (Lipinski definition) is 8. The number of nitrogens with zero attached hydrogens (tertiary/aromatic N) is 2. The van der Waals surface area contributed by atoms with Crippen LogP contribution in [-0.2, 0) is 10.0 Å². The van der Waals surface area contributed by atoms with E-state index in [2.05, 4.69) is 39.0 Å². The molecule has 44 heavy (non-hydrogen) atoms. The molecule has 7 aromatic rings. The fraction of sp³-hybridized carbons (Fsp3) is 0.0303. The number of nitrogens with one attached hydrogen (secondary N) is 1. The summed E-state index contributed by atoms with van der Waals surface area (Å²) in [7, 11) is -2.17. The van der Waals surface area contributed by atoms with Gasteiger partial charge in [-0.3, -0.25) is 4.72 Å². The predicted octanol–water partition coefficient (Wildman–Crippen LogP) is 8.90. The lowest BCUT2D eigenvalue weighted by Gasteiger charge is -2.06. The lowest BCUT2D eigenvalue weighted by molar-refractivity contribution is 0.414. The topological polar surface area (TPSA) is 107 Å². The molecule has 0 radical (unpaired) electrons. The molecular formula is C33H27BrN4O3S3. The van der Waals surface area contributed by atoms with Gasteiger partial charge in [0.2, 0.25) is 0 Å². The Hall–Kier alpha value is -4.29. The first-order chi connectivity index (χ1) is 20.9. The van der Waals surface area contributed by atoms with E-state index in [1.54, 1.807) is 12.1 Å². The van der Waals surface area contributed by atoms with Gasteiger partial charge in [0.05, 0.1) is 23.4 Å². The summed E-state index contributed by atoms with van der Waals surface area (Å²) < 4.78 is 32.8. The number of hydrogen-bond donors (Lipinski definition) is 2. The number of thiazole rings is 2. The van der Waals surface area contributed by atoms with Gasteiger partial charge in [0.1, 0.15) is 5.75 Å². The number of anilines is 2. The Morgan fingerprint density at radius 2 is 1.20 bits per heavy atom. The smallest absolute Gasteiger partial charge is 0.263 e. The molecule has 0 saturated carbocycles. The van der Waals surface area contributed by atoms with Crippen molar-refractivity contribution in [2.45, 2.75) is 4.90 Å². The number of fused-ring (bicyclic) bond motifs is 2. The molecule has 7 nitrogen and oxygen atoms in total. The second-order valence-electron chi connectivity index (χ2n) is 9.44. The van der Waals surface area contributed by atoms with E-state index in [0.717, 1.165) is 33.3 Å². The van der Waals surface area contributed by atoms with Crippen LogP contribution in [-0.4, -0.2) is 25.5 Å². The summed E-state index contributed by atoms with van der Waals surface area (Å²) >= 11 is 2.73. The highest BCUT2D eigenvalue weighted by atomic mass is 79.9. The van der Waals surface area contributed by atoms with E-state index in [0.29, 0.717) is 16.0 Å². The van der Waals surface area contributed by atoms with Gasteiger partial charge >= 0.3 is 0 Å². The van der Waals surface area contributed by atoms with Gasteiger partial charge in [0.25, 0.3) is 10.0 Å². The molecule has 0 aliphatic heterocycles. The fourth-order valence-corrected chi connectivity index (χ4v) is 7.21. The van der Waals surface area contributed by atoms with Crippen LogP contribution in [0.5, 0.6) is 5.75 Å². The Bertz CT molecular complexity index is 2140. The second-order valence-corrected chi connectivity index (χ2v) is 12.9. The number of rotatable bonds is 6. The second kappa shape index (κ2) is 13.6. The lowest BCUT2D eigenvalue weighted by Crippen LogP contribution is -2.12. The standard InChI is InChI=1S/C20H16N2O3S2.C13H10N2S.BrH/c1-25-15-9-11-16(12-10-15)27(23,24)22-20-21-19(13-26-20)18-8-4-6-14-5-2-3-7-17(14)18;14-13-15-12(8-16-13)11-7-3-5-9-4-1-2-6-10(9)11;/h2-13H,1H3,(H,21,22);1-8H,(H2,14,15);1H. The summed E-state index contributed by atoms with van der Waals surface area (Å²) in [6.07, 6.45) is 0. The first-order valence-corrected chi connectivity index (χ1v) is 16.5. The number of halogens is 1. The maximum Gasteiger partial charge on any atom is 0.263 e. The number of benzene rings is 5. The van der Waals surface area contributed by atoms with Crippen LogP contribution < -0.4 is 15.2 Å². The molecular weight excluding hydrogens is 676 g/mol. The normalized spacial score (nSPS) is 10.9.